The number of hydroxylamine groups is 1. The SMILES string of the molecule is O=C(CCCCCC(=O)NCc1ccccc1-c1ccc(C2OC(CSc3nnnn3-c3ccccc3)CC(c3ccc(CO)cc3)O2)cc1)NO. The fraction of sp³-hybridized carbons (Fsp3) is 0.308. The summed E-state index contributed by atoms with van der Waals surface area (Å²) in [4.78, 5) is 23.7. The van der Waals surface area contributed by atoms with Crippen LogP contribution in [0.3, 0.4) is 0 Å². The Bertz CT molecular complexity index is 1890. The summed E-state index contributed by atoms with van der Waals surface area (Å²) < 4.78 is 14.9. The number of ether oxygens (including phenoxy) is 2. The number of para-hydroxylation sites is 1. The lowest BCUT2D eigenvalue weighted by atomic mass is 9.97. The lowest BCUT2D eigenvalue weighted by Crippen LogP contribution is -2.31. The molecule has 1 fully saturated rings. The van der Waals surface area contributed by atoms with E-state index in [1.165, 1.54) is 11.8 Å². The van der Waals surface area contributed by atoms with Crippen LogP contribution in [0.25, 0.3) is 16.8 Å². The fourth-order valence-corrected chi connectivity index (χ4v) is 6.96. The van der Waals surface area contributed by atoms with E-state index >= 15 is 0 Å². The zero-order valence-electron chi connectivity index (χ0n) is 28.6. The van der Waals surface area contributed by atoms with Gasteiger partial charge in [-0.1, -0.05) is 109 Å². The zero-order valence-corrected chi connectivity index (χ0v) is 29.5. The van der Waals surface area contributed by atoms with Crippen LogP contribution in [0.2, 0.25) is 0 Å². The third-order valence-electron chi connectivity index (χ3n) is 8.87. The average molecular weight is 723 g/mol. The first-order chi connectivity index (χ1) is 25.5. The summed E-state index contributed by atoms with van der Waals surface area (Å²) in [6.07, 6.45) is 2.23. The molecule has 52 heavy (non-hydrogen) atoms. The van der Waals surface area contributed by atoms with Crippen molar-refractivity contribution in [2.24, 2.45) is 0 Å². The van der Waals surface area contributed by atoms with Gasteiger partial charge < -0.3 is 19.9 Å². The highest BCUT2D eigenvalue weighted by Crippen LogP contribution is 2.40. The first-order valence-corrected chi connectivity index (χ1v) is 18.3. The monoisotopic (exact) mass is 722 g/mol. The minimum absolute atomic E-state index is 0.0240. The van der Waals surface area contributed by atoms with Crippen molar-refractivity contribution in [1.29, 1.82) is 0 Å². The van der Waals surface area contributed by atoms with E-state index in [2.05, 4.69) is 20.8 Å². The molecular weight excluding hydrogens is 681 g/mol. The van der Waals surface area contributed by atoms with Crippen molar-refractivity contribution in [1.82, 2.24) is 31.0 Å². The van der Waals surface area contributed by atoms with Gasteiger partial charge in [-0.15, -0.1) is 5.10 Å². The van der Waals surface area contributed by atoms with Crippen LogP contribution in [0.1, 0.15) is 73.2 Å². The first-order valence-electron chi connectivity index (χ1n) is 17.4. The lowest BCUT2D eigenvalue weighted by molar-refractivity contribution is -0.245. The van der Waals surface area contributed by atoms with Crippen molar-refractivity contribution in [3.63, 3.8) is 0 Å². The number of hydrogen-bond donors (Lipinski definition) is 4. The number of aliphatic hydroxyl groups excluding tert-OH is 1. The number of benzene rings is 4. The highest BCUT2D eigenvalue weighted by atomic mass is 32.2. The van der Waals surface area contributed by atoms with Gasteiger partial charge in [0.2, 0.25) is 17.0 Å². The second-order valence-electron chi connectivity index (χ2n) is 12.5. The van der Waals surface area contributed by atoms with E-state index < -0.39 is 12.2 Å². The molecule has 0 radical (unpaired) electrons. The average Bonchev–Trinajstić information content (AvgIpc) is 3.68. The van der Waals surface area contributed by atoms with E-state index in [1.54, 1.807) is 10.2 Å². The third-order valence-corrected chi connectivity index (χ3v) is 9.93. The van der Waals surface area contributed by atoms with Crippen LogP contribution >= 0.6 is 11.8 Å². The highest BCUT2D eigenvalue weighted by molar-refractivity contribution is 7.99. The standard InChI is InChI=1S/C39H42N6O6S/c46-25-27-15-17-29(18-16-27)35-23-33(26-52-39-41-43-44-45(39)32-10-3-1-4-11-32)50-38(51-35)30-21-19-28(20-22-30)34-12-8-7-9-31(34)24-40-36(47)13-5-2-6-14-37(48)42-49/h1,3-4,7-12,15-22,33,35,38,46,49H,2,5-6,13-14,23-26H2,(H,40,47)(H,42,48). The summed E-state index contributed by atoms with van der Waals surface area (Å²) in [6, 6.07) is 33.7. The Balaban J connectivity index is 1.12. The number of tetrazole rings is 1. The van der Waals surface area contributed by atoms with Crippen molar-refractivity contribution >= 4 is 23.6 Å². The number of amides is 2. The van der Waals surface area contributed by atoms with Crippen molar-refractivity contribution in [3.05, 3.63) is 125 Å². The first kappa shape index (κ1) is 36.9. The van der Waals surface area contributed by atoms with Gasteiger partial charge in [-0.05, 0) is 63.2 Å². The highest BCUT2D eigenvalue weighted by Gasteiger charge is 2.33. The molecule has 1 aliphatic rings. The Hall–Kier alpha value is -4.92. The summed E-state index contributed by atoms with van der Waals surface area (Å²) in [5, 5.41) is 34.2. The van der Waals surface area contributed by atoms with Gasteiger partial charge in [0.1, 0.15) is 0 Å². The van der Waals surface area contributed by atoms with Gasteiger partial charge in [-0.3, -0.25) is 14.8 Å². The summed E-state index contributed by atoms with van der Waals surface area (Å²) in [5.41, 5.74) is 8.25. The van der Waals surface area contributed by atoms with E-state index in [-0.39, 0.29) is 31.1 Å². The van der Waals surface area contributed by atoms with Crippen molar-refractivity contribution < 1.29 is 29.4 Å². The molecule has 1 aliphatic heterocycles. The molecular formula is C39H42N6O6S. The topological polar surface area (TPSA) is 161 Å². The van der Waals surface area contributed by atoms with Gasteiger partial charge >= 0.3 is 0 Å². The minimum Gasteiger partial charge on any atom is -0.392 e. The number of hydrogen-bond acceptors (Lipinski definition) is 10. The molecule has 5 aromatic rings. The molecule has 1 saturated heterocycles. The van der Waals surface area contributed by atoms with E-state index in [9.17, 15) is 14.7 Å². The number of carbonyl (C=O) groups is 2. The van der Waals surface area contributed by atoms with Gasteiger partial charge in [-0.2, -0.15) is 4.68 Å². The lowest BCUT2D eigenvalue weighted by Gasteiger charge is -2.36. The molecule has 6 rings (SSSR count). The maximum atomic E-state index is 12.5. The second-order valence-corrected chi connectivity index (χ2v) is 13.5. The summed E-state index contributed by atoms with van der Waals surface area (Å²) in [7, 11) is 0. The molecule has 12 nitrogen and oxygen atoms in total. The van der Waals surface area contributed by atoms with E-state index in [1.807, 2.05) is 103 Å². The fourth-order valence-electron chi connectivity index (χ4n) is 6.05. The molecule has 0 aliphatic carbocycles. The van der Waals surface area contributed by atoms with Crippen LogP contribution in [0, 0.1) is 0 Å². The number of aromatic nitrogens is 4. The molecule has 2 amide bonds. The molecule has 270 valence electrons. The van der Waals surface area contributed by atoms with Crippen LogP contribution in [0.5, 0.6) is 0 Å². The Kier molecular flexibility index (Phi) is 13.1. The number of thioether (sulfide) groups is 1. The second kappa shape index (κ2) is 18.5. The largest absolute Gasteiger partial charge is 0.392 e. The van der Waals surface area contributed by atoms with Crippen LogP contribution in [0.15, 0.2) is 108 Å². The molecule has 2 heterocycles. The Morgan fingerprint density at radius 2 is 1.54 bits per heavy atom. The van der Waals surface area contributed by atoms with Crippen molar-refractivity contribution in [2.75, 3.05) is 5.75 Å². The number of aliphatic hydroxyl groups is 1. The normalized spacial score (nSPS) is 17.1. The molecule has 0 saturated carbocycles. The molecule has 1 aromatic heterocycles. The smallest absolute Gasteiger partial charge is 0.243 e. The molecule has 4 N–H and O–H groups in total. The Morgan fingerprint density at radius 3 is 2.29 bits per heavy atom. The van der Waals surface area contributed by atoms with E-state index in [0.717, 1.165) is 45.5 Å². The predicted molar refractivity (Wildman–Crippen MR) is 195 cm³/mol. The maximum absolute atomic E-state index is 12.5. The number of carbonyl (C=O) groups excluding carboxylic acids is 2. The van der Waals surface area contributed by atoms with Gasteiger partial charge in [0.15, 0.2) is 6.29 Å². The Labute approximate surface area is 306 Å². The summed E-state index contributed by atoms with van der Waals surface area (Å²) in [6.45, 7) is 0.367. The third kappa shape index (κ3) is 9.90. The zero-order chi connectivity index (χ0) is 36.1. The molecule has 4 aromatic carbocycles. The van der Waals surface area contributed by atoms with Crippen LogP contribution in [-0.2, 0) is 32.2 Å². The Morgan fingerprint density at radius 1 is 0.827 bits per heavy atom. The maximum Gasteiger partial charge on any atom is 0.243 e. The molecule has 0 spiro atoms. The van der Waals surface area contributed by atoms with Crippen LogP contribution in [0.4, 0.5) is 0 Å². The van der Waals surface area contributed by atoms with Crippen LogP contribution < -0.4 is 10.8 Å². The van der Waals surface area contributed by atoms with Crippen molar-refractivity contribution in [2.45, 2.75) is 75.3 Å². The number of nitrogens with zero attached hydrogens (tertiary/aromatic N) is 4. The molecule has 3 atom stereocenters. The van der Waals surface area contributed by atoms with E-state index in [0.29, 0.717) is 43.1 Å². The number of unbranched alkanes of at least 4 members (excludes halogenated alkanes) is 2. The van der Waals surface area contributed by atoms with Gasteiger partial charge in [-0.25, -0.2) is 5.48 Å². The van der Waals surface area contributed by atoms with Gasteiger partial charge in [0, 0.05) is 37.1 Å². The quantitative estimate of drug-likeness (QED) is 0.0398. The number of nitrogens with one attached hydrogen (secondary N) is 2. The minimum atomic E-state index is -0.617. The predicted octanol–water partition coefficient (Wildman–Crippen LogP) is 6.23. The number of rotatable bonds is 16. The molecule has 0 bridgehead atoms. The van der Waals surface area contributed by atoms with Gasteiger partial charge in [0.05, 0.1) is 24.5 Å². The van der Waals surface area contributed by atoms with Crippen LogP contribution in [-0.4, -0.2) is 54.2 Å². The van der Waals surface area contributed by atoms with Crippen molar-refractivity contribution in [3.8, 4) is 16.8 Å². The molecule has 13 heteroatoms. The summed E-state index contributed by atoms with van der Waals surface area (Å²) in [5.74, 6) is 0.144. The van der Waals surface area contributed by atoms with Gasteiger partial charge in [0.25, 0.3) is 0 Å². The molecule has 3 unspecified atom stereocenters. The summed E-state index contributed by atoms with van der Waals surface area (Å²) >= 11 is 1.53. The van der Waals surface area contributed by atoms with E-state index in [4.69, 9.17) is 14.7 Å².